The molecule has 1 atom stereocenters. The SMILES string of the molecule is CCCCC(Sc1ccccc1)C(=O)C(=O)OCC. The van der Waals surface area contributed by atoms with Gasteiger partial charge in [0, 0.05) is 4.90 Å². The van der Waals surface area contributed by atoms with Gasteiger partial charge in [0.2, 0.25) is 0 Å². The highest BCUT2D eigenvalue weighted by atomic mass is 32.2. The molecule has 0 aliphatic rings. The van der Waals surface area contributed by atoms with Crippen LogP contribution in [0.2, 0.25) is 0 Å². The van der Waals surface area contributed by atoms with Gasteiger partial charge in [-0.3, -0.25) is 4.79 Å². The highest BCUT2D eigenvalue weighted by Gasteiger charge is 2.26. The molecule has 0 saturated carbocycles. The van der Waals surface area contributed by atoms with Crippen molar-refractivity contribution in [1.29, 1.82) is 0 Å². The zero-order valence-electron chi connectivity index (χ0n) is 11.4. The number of carbonyl (C=O) groups is 2. The Balaban J connectivity index is 2.71. The number of hydrogen-bond donors (Lipinski definition) is 0. The van der Waals surface area contributed by atoms with E-state index < -0.39 is 11.8 Å². The van der Waals surface area contributed by atoms with Crippen molar-refractivity contribution in [3.05, 3.63) is 30.3 Å². The summed E-state index contributed by atoms with van der Waals surface area (Å²) >= 11 is 1.44. The monoisotopic (exact) mass is 280 g/mol. The zero-order chi connectivity index (χ0) is 14.1. The molecular formula is C15H20O3S. The Bertz CT molecular complexity index is 403. The predicted molar refractivity (Wildman–Crippen MR) is 77.3 cm³/mol. The molecule has 0 amide bonds. The third-order valence-corrected chi connectivity index (χ3v) is 3.89. The molecule has 0 aromatic heterocycles. The van der Waals surface area contributed by atoms with Crippen LogP contribution in [0.25, 0.3) is 0 Å². The van der Waals surface area contributed by atoms with Crippen molar-refractivity contribution in [2.45, 2.75) is 43.3 Å². The second-order valence-electron chi connectivity index (χ2n) is 4.15. The van der Waals surface area contributed by atoms with E-state index in [1.165, 1.54) is 11.8 Å². The Morgan fingerprint density at radius 2 is 1.89 bits per heavy atom. The summed E-state index contributed by atoms with van der Waals surface area (Å²) in [6, 6.07) is 9.67. The molecule has 0 fully saturated rings. The lowest BCUT2D eigenvalue weighted by molar-refractivity contribution is -0.153. The van der Waals surface area contributed by atoms with Gasteiger partial charge >= 0.3 is 5.97 Å². The van der Waals surface area contributed by atoms with Gasteiger partial charge in [0.1, 0.15) is 0 Å². The van der Waals surface area contributed by atoms with Crippen LogP contribution in [-0.4, -0.2) is 23.6 Å². The number of ketones is 1. The lowest BCUT2D eigenvalue weighted by Crippen LogP contribution is -2.28. The van der Waals surface area contributed by atoms with Gasteiger partial charge in [-0.25, -0.2) is 4.79 Å². The van der Waals surface area contributed by atoms with Gasteiger partial charge in [0.05, 0.1) is 11.9 Å². The van der Waals surface area contributed by atoms with Crippen molar-refractivity contribution in [3.63, 3.8) is 0 Å². The first-order valence-electron chi connectivity index (χ1n) is 6.61. The van der Waals surface area contributed by atoms with E-state index in [4.69, 9.17) is 4.74 Å². The summed E-state index contributed by atoms with van der Waals surface area (Å²) in [6.07, 6.45) is 2.63. The van der Waals surface area contributed by atoms with Gasteiger partial charge in [-0.15, -0.1) is 11.8 Å². The highest BCUT2D eigenvalue weighted by molar-refractivity contribution is 8.00. The van der Waals surface area contributed by atoms with Crippen molar-refractivity contribution < 1.29 is 14.3 Å². The third kappa shape index (κ3) is 5.47. The number of unbranched alkanes of at least 4 members (excludes halogenated alkanes) is 1. The van der Waals surface area contributed by atoms with Crippen LogP contribution in [0, 0.1) is 0 Å². The maximum absolute atomic E-state index is 12.0. The summed E-state index contributed by atoms with van der Waals surface area (Å²) in [5.41, 5.74) is 0. The number of hydrogen-bond acceptors (Lipinski definition) is 4. The van der Waals surface area contributed by atoms with E-state index in [1.807, 2.05) is 30.3 Å². The van der Waals surface area contributed by atoms with Gasteiger partial charge in [-0.05, 0) is 25.5 Å². The molecule has 0 aliphatic heterocycles. The van der Waals surface area contributed by atoms with Gasteiger partial charge < -0.3 is 4.74 Å². The van der Waals surface area contributed by atoms with Crippen LogP contribution in [0.3, 0.4) is 0 Å². The molecule has 0 saturated heterocycles. The average Bonchev–Trinajstić information content (AvgIpc) is 2.44. The summed E-state index contributed by atoms with van der Waals surface area (Å²) in [4.78, 5) is 24.6. The van der Waals surface area contributed by atoms with Crippen LogP contribution < -0.4 is 0 Å². The fourth-order valence-electron chi connectivity index (χ4n) is 1.63. The molecule has 0 spiro atoms. The average molecular weight is 280 g/mol. The maximum Gasteiger partial charge on any atom is 0.375 e. The Kier molecular flexibility index (Phi) is 7.26. The largest absolute Gasteiger partial charge is 0.460 e. The Hall–Kier alpha value is -1.29. The lowest BCUT2D eigenvalue weighted by Gasteiger charge is -2.14. The van der Waals surface area contributed by atoms with Crippen LogP contribution in [0.15, 0.2) is 35.2 Å². The smallest absolute Gasteiger partial charge is 0.375 e. The molecule has 0 heterocycles. The predicted octanol–water partition coefficient (Wildman–Crippen LogP) is 3.47. The molecule has 0 bridgehead atoms. The first-order chi connectivity index (χ1) is 9.19. The first kappa shape index (κ1) is 15.8. The summed E-state index contributed by atoms with van der Waals surface area (Å²) < 4.78 is 4.80. The van der Waals surface area contributed by atoms with Crippen LogP contribution in [0.1, 0.15) is 33.1 Å². The van der Waals surface area contributed by atoms with Crippen molar-refractivity contribution in [3.8, 4) is 0 Å². The number of rotatable bonds is 8. The molecule has 1 unspecified atom stereocenters. The van der Waals surface area contributed by atoms with Gasteiger partial charge in [0.25, 0.3) is 5.78 Å². The van der Waals surface area contributed by atoms with Crippen LogP contribution >= 0.6 is 11.8 Å². The quantitative estimate of drug-likeness (QED) is 0.415. The molecule has 4 heteroatoms. The Morgan fingerprint density at radius 1 is 1.21 bits per heavy atom. The van der Waals surface area contributed by atoms with Crippen LogP contribution in [0.4, 0.5) is 0 Å². The fraction of sp³-hybridized carbons (Fsp3) is 0.467. The zero-order valence-corrected chi connectivity index (χ0v) is 12.2. The first-order valence-corrected chi connectivity index (χ1v) is 7.49. The number of carbonyl (C=O) groups excluding carboxylic acids is 2. The summed E-state index contributed by atoms with van der Waals surface area (Å²) in [7, 11) is 0. The minimum Gasteiger partial charge on any atom is -0.460 e. The Morgan fingerprint density at radius 3 is 2.47 bits per heavy atom. The lowest BCUT2D eigenvalue weighted by atomic mass is 10.1. The minimum atomic E-state index is -0.716. The van der Waals surface area contributed by atoms with Crippen LogP contribution in [-0.2, 0) is 14.3 Å². The molecule has 19 heavy (non-hydrogen) atoms. The topological polar surface area (TPSA) is 43.4 Å². The number of thioether (sulfide) groups is 1. The standard InChI is InChI=1S/C15H20O3S/c1-3-5-11-13(14(16)15(17)18-4-2)19-12-9-7-6-8-10-12/h6-10,13H,3-5,11H2,1-2H3. The molecule has 0 aliphatic carbocycles. The fourth-order valence-corrected chi connectivity index (χ4v) is 2.76. The van der Waals surface area contributed by atoms with E-state index in [9.17, 15) is 9.59 Å². The summed E-state index contributed by atoms with van der Waals surface area (Å²) in [5, 5.41) is -0.346. The normalized spacial score (nSPS) is 11.9. The molecule has 0 N–H and O–H groups in total. The molecule has 0 radical (unpaired) electrons. The van der Waals surface area contributed by atoms with Gasteiger partial charge in [-0.1, -0.05) is 38.0 Å². The second-order valence-corrected chi connectivity index (χ2v) is 5.42. The van der Waals surface area contributed by atoms with Crippen molar-refractivity contribution >= 4 is 23.5 Å². The number of benzene rings is 1. The number of ether oxygens (including phenoxy) is 1. The highest BCUT2D eigenvalue weighted by Crippen LogP contribution is 2.27. The van der Waals surface area contributed by atoms with Crippen LogP contribution in [0.5, 0.6) is 0 Å². The van der Waals surface area contributed by atoms with Crippen molar-refractivity contribution in [2.24, 2.45) is 0 Å². The molecule has 1 aromatic rings. The molecular weight excluding hydrogens is 260 g/mol. The Labute approximate surface area is 118 Å². The van der Waals surface area contributed by atoms with Gasteiger partial charge in [0.15, 0.2) is 0 Å². The van der Waals surface area contributed by atoms with E-state index in [1.54, 1.807) is 6.92 Å². The van der Waals surface area contributed by atoms with E-state index in [2.05, 4.69) is 6.92 Å². The summed E-state index contributed by atoms with van der Waals surface area (Å²) in [5.74, 6) is -1.14. The van der Waals surface area contributed by atoms with Crippen molar-refractivity contribution in [1.82, 2.24) is 0 Å². The molecule has 3 nitrogen and oxygen atoms in total. The maximum atomic E-state index is 12.0. The molecule has 1 aromatic carbocycles. The van der Waals surface area contributed by atoms with E-state index in [0.717, 1.165) is 17.7 Å². The molecule has 1 rings (SSSR count). The third-order valence-electron chi connectivity index (χ3n) is 2.61. The minimum absolute atomic E-state index is 0.237. The second kappa shape index (κ2) is 8.75. The summed E-state index contributed by atoms with van der Waals surface area (Å²) in [6.45, 7) is 4.01. The molecule has 104 valence electrons. The number of Topliss-reactive ketones (excluding diaryl/α,β-unsaturated/α-hetero) is 1. The van der Waals surface area contributed by atoms with Gasteiger partial charge in [-0.2, -0.15) is 0 Å². The number of esters is 1. The van der Waals surface area contributed by atoms with E-state index in [-0.39, 0.29) is 11.9 Å². The van der Waals surface area contributed by atoms with E-state index >= 15 is 0 Å². The van der Waals surface area contributed by atoms with Crippen molar-refractivity contribution in [2.75, 3.05) is 6.61 Å². The van der Waals surface area contributed by atoms with E-state index in [0.29, 0.717) is 6.42 Å².